The van der Waals surface area contributed by atoms with E-state index in [9.17, 15) is 9.59 Å². The van der Waals surface area contributed by atoms with E-state index in [0.29, 0.717) is 9.45 Å². The second-order valence-corrected chi connectivity index (χ2v) is 6.78. The van der Waals surface area contributed by atoms with E-state index in [2.05, 4.69) is 17.2 Å². The molecule has 1 aromatic heterocycles. The van der Waals surface area contributed by atoms with Crippen molar-refractivity contribution in [3.05, 3.63) is 21.5 Å². The van der Waals surface area contributed by atoms with Crippen molar-refractivity contribution in [2.75, 3.05) is 13.7 Å². The predicted octanol–water partition coefficient (Wildman–Crippen LogP) is 2.21. The molecule has 7 heteroatoms. The van der Waals surface area contributed by atoms with E-state index in [0.717, 1.165) is 25.8 Å². The molecule has 1 saturated heterocycles. The number of piperidine rings is 1. The first-order chi connectivity index (χ1) is 10.9. The van der Waals surface area contributed by atoms with Gasteiger partial charge in [0.1, 0.15) is 15.4 Å². The summed E-state index contributed by atoms with van der Waals surface area (Å²) in [5.41, 5.74) is 0.279. The van der Waals surface area contributed by atoms with Crippen molar-refractivity contribution < 1.29 is 14.3 Å². The van der Waals surface area contributed by atoms with Gasteiger partial charge in [0.2, 0.25) is 5.91 Å². The molecule has 1 fully saturated rings. The zero-order chi connectivity index (χ0) is 17.0. The monoisotopic (exact) mass is 431 g/mol. The van der Waals surface area contributed by atoms with Crippen LogP contribution < -0.4 is 10.1 Å². The average molecular weight is 431 g/mol. The van der Waals surface area contributed by atoms with Gasteiger partial charge in [-0.1, -0.05) is 0 Å². The van der Waals surface area contributed by atoms with Crippen LogP contribution in [0.4, 0.5) is 0 Å². The predicted molar refractivity (Wildman–Crippen MR) is 95.5 cm³/mol. The van der Waals surface area contributed by atoms with Gasteiger partial charge in [-0.2, -0.15) is 0 Å². The molecule has 1 N–H and O–H groups in total. The molecular weight excluding hydrogens is 409 g/mol. The lowest BCUT2D eigenvalue weighted by atomic mass is 10.0. The summed E-state index contributed by atoms with van der Waals surface area (Å²) in [7, 11) is 1.56. The van der Waals surface area contributed by atoms with E-state index >= 15 is 0 Å². The second-order valence-electron chi connectivity index (χ2n) is 5.76. The fourth-order valence-corrected chi connectivity index (χ4v) is 3.37. The molecule has 0 aromatic carbocycles. The van der Waals surface area contributed by atoms with E-state index in [1.54, 1.807) is 26.2 Å². The van der Waals surface area contributed by atoms with Crippen molar-refractivity contribution in [1.29, 1.82) is 0 Å². The molecule has 2 heterocycles. The van der Waals surface area contributed by atoms with Crippen LogP contribution in [0.5, 0.6) is 5.75 Å². The van der Waals surface area contributed by atoms with Crippen molar-refractivity contribution in [2.24, 2.45) is 0 Å². The Morgan fingerprint density at radius 2 is 2.17 bits per heavy atom. The maximum absolute atomic E-state index is 12.5. The Hall–Kier alpha value is -1.38. The van der Waals surface area contributed by atoms with E-state index in [-0.39, 0.29) is 23.6 Å². The number of hydrogen-bond acceptors (Lipinski definition) is 4. The molecule has 1 aliphatic rings. The van der Waals surface area contributed by atoms with E-state index in [4.69, 9.17) is 4.74 Å². The second kappa shape index (κ2) is 7.94. The number of amides is 2. The topological polar surface area (TPSA) is 71.5 Å². The summed E-state index contributed by atoms with van der Waals surface area (Å²) in [6, 6.07) is 2.96. The molecule has 2 amide bonds. The fraction of sp³-hybridized carbons (Fsp3) is 0.562. The molecule has 0 unspecified atom stereocenters. The van der Waals surface area contributed by atoms with Crippen LogP contribution in [0.15, 0.2) is 12.1 Å². The van der Waals surface area contributed by atoms with Crippen LogP contribution in [0, 0.1) is 3.70 Å². The number of likely N-dealkylation sites (tertiary alicyclic amines) is 1. The fourth-order valence-electron chi connectivity index (χ4n) is 2.71. The summed E-state index contributed by atoms with van der Waals surface area (Å²) in [4.78, 5) is 30.9. The Bertz CT molecular complexity index is 594. The van der Waals surface area contributed by atoms with Gasteiger partial charge >= 0.3 is 0 Å². The number of carbonyl (C=O) groups excluding carboxylic acids is 2. The Morgan fingerprint density at radius 1 is 1.43 bits per heavy atom. The third kappa shape index (κ3) is 4.33. The van der Waals surface area contributed by atoms with E-state index in [1.165, 1.54) is 0 Å². The minimum atomic E-state index is -0.565. The summed E-state index contributed by atoms with van der Waals surface area (Å²) >= 11 is 2.01. The third-order valence-electron chi connectivity index (χ3n) is 4.07. The minimum absolute atomic E-state index is 0.0336. The van der Waals surface area contributed by atoms with Crippen molar-refractivity contribution in [3.8, 4) is 5.75 Å². The molecule has 2 rings (SSSR count). The highest BCUT2D eigenvalue weighted by molar-refractivity contribution is 14.1. The molecule has 0 bridgehead atoms. The first kappa shape index (κ1) is 18.0. The highest BCUT2D eigenvalue weighted by Crippen LogP contribution is 2.19. The van der Waals surface area contributed by atoms with Crippen LogP contribution in [0.1, 0.15) is 43.6 Å². The first-order valence-corrected chi connectivity index (χ1v) is 8.83. The number of carbonyl (C=O) groups is 2. The number of halogens is 1. The van der Waals surface area contributed by atoms with Crippen LogP contribution in [0.25, 0.3) is 0 Å². The van der Waals surface area contributed by atoms with Gasteiger partial charge < -0.3 is 15.0 Å². The smallest absolute Gasteiger partial charge is 0.270 e. The van der Waals surface area contributed by atoms with Crippen LogP contribution in [0.2, 0.25) is 0 Å². The number of nitrogens with one attached hydrogen (secondary N) is 1. The summed E-state index contributed by atoms with van der Waals surface area (Å²) in [5, 5.41) is 2.74. The molecule has 0 aliphatic carbocycles. The molecule has 0 radical (unpaired) electrons. The molecule has 2 atom stereocenters. The molecule has 0 saturated carbocycles. The van der Waals surface area contributed by atoms with Crippen molar-refractivity contribution in [1.82, 2.24) is 15.2 Å². The van der Waals surface area contributed by atoms with Crippen LogP contribution in [-0.4, -0.2) is 47.4 Å². The standard InChI is InChI=1S/C16H22IN3O3/c1-10-6-4-5-9-20(10)16(22)11(2)18-15(21)12-7-8-13(23-3)14(17)19-12/h7-8,10-11H,4-6,9H2,1-3H3,(H,18,21)/t10-,11-/m1/s1. The van der Waals surface area contributed by atoms with Gasteiger partial charge in [0.05, 0.1) is 7.11 Å². The van der Waals surface area contributed by atoms with Crippen LogP contribution in [-0.2, 0) is 4.79 Å². The van der Waals surface area contributed by atoms with Crippen LogP contribution >= 0.6 is 22.6 Å². The lowest BCUT2D eigenvalue weighted by Crippen LogP contribution is -2.51. The number of hydrogen-bond donors (Lipinski definition) is 1. The number of aromatic nitrogens is 1. The molecule has 1 aromatic rings. The number of ether oxygens (including phenoxy) is 1. The Labute approximate surface area is 150 Å². The van der Waals surface area contributed by atoms with E-state index < -0.39 is 6.04 Å². The van der Waals surface area contributed by atoms with Gasteiger partial charge in [-0.15, -0.1) is 0 Å². The van der Waals surface area contributed by atoms with Crippen molar-refractivity contribution in [3.63, 3.8) is 0 Å². The minimum Gasteiger partial charge on any atom is -0.494 e. The van der Waals surface area contributed by atoms with Gasteiger partial charge in [0.25, 0.3) is 5.91 Å². The molecule has 126 valence electrons. The maximum atomic E-state index is 12.5. The summed E-state index contributed by atoms with van der Waals surface area (Å²) in [6.07, 6.45) is 3.19. The van der Waals surface area contributed by atoms with Gasteiger partial charge in [-0.3, -0.25) is 9.59 Å². The van der Waals surface area contributed by atoms with Gasteiger partial charge in [-0.25, -0.2) is 4.98 Å². The SMILES string of the molecule is COc1ccc(C(=O)N[C@H](C)C(=O)N2CCCC[C@H]2C)nc1I. The summed E-state index contributed by atoms with van der Waals surface area (Å²) in [6.45, 7) is 4.54. The lowest BCUT2D eigenvalue weighted by Gasteiger charge is -2.35. The van der Waals surface area contributed by atoms with Crippen molar-refractivity contribution in [2.45, 2.75) is 45.2 Å². The zero-order valence-electron chi connectivity index (χ0n) is 13.6. The zero-order valence-corrected chi connectivity index (χ0v) is 15.8. The number of nitrogens with zero attached hydrogens (tertiary/aromatic N) is 2. The van der Waals surface area contributed by atoms with Gasteiger partial charge in [-0.05, 0) is 67.8 Å². The summed E-state index contributed by atoms with van der Waals surface area (Å²) < 4.78 is 5.74. The number of methoxy groups -OCH3 is 1. The first-order valence-electron chi connectivity index (χ1n) is 7.76. The largest absolute Gasteiger partial charge is 0.494 e. The van der Waals surface area contributed by atoms with Crippen molar-refractivity contribution >= 4 is 34.4 Å². The quantitative estimate of drug-likeness (QED) is 0.587. The average Bonchev–Trinajstić information content (AvgIpc) is 2.54. The number of rotatable bonds is 4. The molecular formula is C16H22IN3O3. The molecule has 1 aliphatic heterocycles. The van der Waals surface area contributed by atoms with Crippen LogP contribution in [0.3, 0.4) is 0 Å². The summed E-state index contributed by atoms with van der Waals surface area (Å²) in [5.74, 6) is 0.234. The maximum Gasteiger partial charge on any atom is 0.270 e. The number of pyridine rings is 1. The normalized spacial score (nSPS) is 19.1. The Kier molecular flexibility index (Phi) is 6.20. The molecule has 23 heavy (non-hydrogen) atoms. The Balaban J connectivity index is 2.01. The van der Waals surface area contributed by atoms with Gasteiger partial charge in [0, 0.05) is 12.6 Å². The van der Waals surface area contributed by atoms with Gasteiger partial charge in [0.15, 0.2) is 5.75 Å². The lowest BCUT2D eigenvalue weighted by molar-refractivity contribution is -0.136. The molecule has 0 spiro atoms. The highest BCUT2D eigenvalue weighted by Gasteiger charge is 2.28. The van der Waals surface area contributed by atoms with E-state index in [1.807, 2.05) is 27.5 Å². The highest BCUT2D eigenvalue weighted by atomic mass is 127. The third-order valence-corrected chi connectivity index (χ3v) is 4.84. The molecule has 6 nitrogen and oxygen atoms in total. The Morgan fingerprint density at radius 3 is 2.78 bits per heavy atom.